The van der Waals surface area contributed by atoms with Gasteiger partial charge in [-0.1, -0.05) is 0 Å². The van der Waals surface area contributed by atoms with Gasteiger partial charge in [0.05, 0.1) is 0 Å². The van der Waals surface area contributed by atoms with Crippen LogP contribution in [0.25, 0.3) is 0 Å². The molecule has 1 rings (SSSR count). The summed E-state index contributed by atoms with van der Waals surface area (Å²) in [5, 5.41) is 0. The van der Waals surface area contributed by atoms with Crippen LogP contribution in [0.1, 0.15) is 52.4 Å². The van der Waals surface area contributed by atoms with Crippen molar-refractivity contribution in [3.05, 3.63) is 30.3 Å². The third-order valence-corrected chi connectivity index (χ3v) is 6.13. The van der Waals surface area contributed by atoms with Crippen LogP contribution < -0.4 is 4.46 Å². The van der Waals surface area contributed by atoms with Crippen molar-refractivity contribution < 1.29 is 14.3 Å². The Morgan fingerprint density at radius 3 is 2.43 bits per heavy atom. The Bertz CT molecular complexity index is 473. The minimum atomic E-state index is -0.219. The molecule has 128 valence electrons. The molecule has 0 aliphatic rings. The van der Waals surface area contributed by atoms with E-state index in [4.69, 9.17) is 4.74 Å². The summed E-state index contributed by atoms with van der Waals surface area (Å²) in [6.07, 6.45) is 6.09. The van der Waals surface area contributed by atoms with Crippen LogP contribution >= 0.6 is 0 Å². The fraction of sp³-hybridized carbons (Fsp3) is 0.579. The Balaban J connectivity index is 2.64. The van der Waals surface area contributed by atoms with Crippen molar-refractivity contribution >= 4 is 30.1 Å². The molecule has 0 aromatic heterocycles. The molecule has 0 saturated heterocycles. The first-order valence-electron chi connectivity index (χ1n) is 8.43. The zero-order valence-electron chi connectivity index (χ0n) is 14.4. The normalized spacial score (nSPS) is 13.3. The van der Waals surface area contributed by atoms with E-state index in [0.29, 0.717) is 11.1 Å². The molecule has 0 aliphatic carbocycles. The molecule has 0 radical (unpaired) electrons. The molecule has 0 spiro atoms. The fourth-order valence-corrected chi connectivity index (χ4v) is 4.46. The Hall–Kier alpha value is -1.12. The average molecular weight is 383 g/mol. The van der Waals surface area contributed by atoms with Crippen molar-refractivity contribution in [2.24, 2.45) is 11.8 Å². The number of methoxy groups -OCH3 is 1. The number of carbonyl (C=O) groups excluding carboxylic acids is 2. The van der Waals surface area contributed by atoms with Crippen molar-refractivity contribution in [2.75, 3.05) is 7.11 Å². The van der Waals surface area contributed by atoms with Gasteiger partial charge in [-0.05, 0) is 0 Å². The molecule has 0 aliphatic heterocycles. The number of benzene rings is 1. The van der Waals surface area contributed by atoms with E-state index in [1.165, 1.54) is 20.0 Å². The number of carbonyl (C=O) groups is 2. The molecule has 0 heterocycles. The van der Waals surface area contributed by atoms with Crippen molar-refractivity contribution in [1.82, 2.24) is 0 Å². The second-order valence-electron chi connectivity index (χ2n) is 5.94. The van der Waals surface area contributed by atoms with Crippen LogP contribution in [0.3, 0.4) is 0 Å². The Labute approximate surface area is 146 Å². The first-order valence-corrected chi connectivity index (χ1v) is 10.1. The van der Waals surface area contributed by atoms with Crippen LogP contribution in [0.5, 0.6) is 0 Å². The van der Waals surface area contributed by atoms with E-state index in [2.05, 4.69) is 6.92 Å². The van der Waals surface area contributed by atoms with Gasteiger partial charge >= 0.3 is 146 Å². The Morgan fingerprint density at radius 1 is 1.13 bits per heavy atom. The summed E-state index contributed by atoms with van der Waals surface area (Å²) in [7, 11) is 1.41. The maximum atomic E-state index is 12.7. The van der Waals surface area contributed by atoms with Crippen molar-refractivity contribution in [3.63, 3.8) is 0 Å². The third kappa shape index (κ3) is 7.80. The fourth-order valence-electron chi connectivity index (χ4n) is 2.56. The third-order valence-electron chi connectivity index (χ3n) is 3.94. The van der Waals surface area contributed by atoms with E-state index in [9.17, 15) is 9.59 Å². The van der Waals surface area contributed by atoms with E-state index in [1.54, 1.807) is 0 Å². The molecule has 4 heteroatoms. The van der Waals surface area contributed by atoms with Gasteiger partial charge in [-0.2, -0.15) is 0 Å². The van der Waals surface area contributed by atoms with Crippen LogP contribution in [0.4, 0.5) is 0 Å². The molecule has 0 N–H and O–H groups in total. The van der Waals surface area contributed by atoms with E-state index in [-0.39, 0.29) is 32.8 Å². The SMILES string of the molecule is CCCCCCC(CC(C)C(=O)OC)C(=O)[Se]c1ccccc1. The van der Waals surface area contributed by atoms with E-state index >= 15 is 0 Å². The monoisotopic (exact) mass is 384 g/mol. The number of unbranched alkanes of at least 4 members (excludes halogenated alkanes) is 3. The zero-order chi connectivity index (χ0) is 17.1. The van der Waals surface area contributed by atoms with Crippen LogP contribution in [-0.2, 0) is 14.3 Å². The van der Waals surface area contributed by atoms with Crippen LogP contribution in [0.2, 0.25) is 0 Å². The van der Waals surface area contributed by atoms with Crippen LogP contribution in [-0.4, -0.2) is 32.7 Å². The molecule has 3 nitrogen and oxygen atoms in total. The number of hydrogen-bond acceptors (Lipinski definition) is 3. The van der Waals surface area contributed by atoms with Crippen LogP contribution in [0.15, 0.2) is 30.3 Å². The predicted octanol–water partition coefficient (Wildman–Crippen LogP) is 3.33. The maximum absolute atomic E-state index is 12.7. The molecule has 0 bridgehead atoms. The summed E-state index contributed by atoms with van der Waals surface area (Å²) < 4.78 is 6.22. The molecule has 1 aromatic carbocycles. The number of hydrogen-bond donors (Lipinski definition) is 0. The molecule has 0 amide bonds. The molecule has 0 saturated carbocycles. The zero-order valence-corrected chi connectivity index (χ0v) is 16.1. The van der Waals surface area contributed by atoms with Crippen LogP contribution in [0, 0.1) is 11.8 Å². The van der Waals surface area contributed by atoms with E-state index in [1.807, 2.05) is 37.3 Å². The summed E-state index contributed by atoms with van der Waals surface area (Å²) in [4.78, 5) is 24.4. The minimum absolute atomic E-state index is 0.0267. The summed E-state index contributed by atoms with van der Waals surface area (Å²) in [5.74, 6) is -0.462. The summed E-state index contributed by atoms with van der Waals surface area (Å²) >= 11 is -0.174. The summed E-state index contributed by atoms with van der Waals surface area (Å²) in [6, 6.07) is 9.92. The molecule has 1 aromatic rings. The summed E-state index contributed by atoms with van der Waals surface area (Å²) in [6.45, 7) is 4.04. The number of ether oxygens (including phenoxy) is 1. The van der Waals surface area contributed by atoms with Crippen molar-refractivity contribution in [3.8, 4) is 0 Å². The quantitative estimate of drug-likeness (QED) is 0.335. The van der Waals surface area contributed by atoms with Gasteiger partial charge in [0.2, 0.25) is 0 Å². The van der Waals surface area contributed by atoms with Gasteiger partial charge < -0.3 is 0 Å². The second-order valence-corrected chi connectivity index (χ2v) is 8.20. The standard InChI is InChI=1S/C19H28O3Se/c1-4-5-6-8-11-16(14-15(2)18(20)22-3)19(21)23-17-12-9-7-10-13-17/h7,9-10,12-13,15-16H,4-6,8,11,14H2,1-3H3. The molecule has 2 atom stereocenters. The van der Waals surface area contributed by atoms with Gasteiger partial charge in [-0.15, -0.1) is 0 Å². The molecular weight excluding hydrogens is 355 g/mol. The topological polar surface area (TPSA) is 43.4 Å². The molecular formula is C19H28O3Se. The van der Waals surface area contributed by atoms with Gasteiger partial charge in [0, 0.05) is 0 Å². The second kappa shape index (κ2) is 11.4. The molecule has 23 heavy (non-hydrogen) atoms. The Kier molecular flexibility index (Phi) is 9.89. The predicted molar refractivity (Wildman–Crippen MR) is 94.9 cm³/mol. The van der Waals surface area contributed by atoms with Gasteiger partial charge in [0.25, 0.3) is 0 Å². The molecule has 0 fully saturated rings. The van der Waals surface area contributed by atoms with E-state index < -0.39 is 0 Å². The number of esters is 1. The first-order chi connectivity index (χ1) is 11.1. The average Bonchev–Trinajstić information content (AvgIpc) is 2.57. The van der Waals surface area contributed by atoms with Crippen molar-refractivity contribution in [1.29, 1.82) is 0 Å². The van der Waals surface area contributed by atoms with Gasteiger partial charge in [0.15, 0.2) is 0 Å². The summed E-state index contributed by atoms with van der Waals surface area (Å²) in [5.41, 5.74) is 0. The Morgan fingerprint density at radius 2 is 1.83 bits per heavy atom. The number of rotatable bonds is 11. The molecule has 2 unspecified atom stereocenters. The van der Waals surface area contributed by atoms with Gasteiger partial charge in [-0.25, -0.2) is 0 Å². The van der Waals surface area contributed by atoms with Gasteiger partial charge in [0.1, 0.15) is 0 Å². The van der Waals surface area contributed by atoms with Gasteiger partial charge in [-0.3, -0.25) is 0 Å². The van der Waals surface area contributed by atoms with Crippen molar-refractivity contribution in [2.45, 2.75) is 52.4 Å². The van der Waals surface area contributed by atoms with E-state index in [0.717, 1.165) is 23.7 Å². The first kappa shape index (κ1) is 19.9.